The van der Waals surface area contributed by atoms with E-state index < -0.39 is 5.97 Å². The fraction of sp³-hybridized carbons (Fsp3) is 0.984. The van der Waals surface area contributed by atoms with E-state index in [9.17, 15) is 4.79 Å². The Bertz CT molecular complexity index is 1480. The van der Waals surface area contributed by atoms with Crippen molar-refractivity contribution in [2.24, 2.45) is 70.4 Å². The molecule has 0 amide bonds. The fourth-order valence-corrected chi connectivity index (χ4v) is 18.8. The van der Waals surface area contributed by atoms with Crippen molar-refractivity contribution in [3.63, 3.8) is 0 Å². The second-order valence-electron chi connectivity index (χ2n) is 34.3. The minimum absolute atomic E-state index is 0.0281. The van der Waals surface area contributed by atoms with Crippen LogP contribution in [0.1, 0.15) is 283 Å². The van der Waals surface area contributed by atoms with E-state index in [4.69, 9.17) is 19.3 Å². The monoisotopic (exact) mass is 1010 g/mol. The van der Waals surface area contributed by atoms with Crippen molar-refractivity contribution in [3.8, 4) is 0 Å². The summed E-state index contributed by atoms with van der Waals surface area (Å²) in [5.41, 5.74) is 3.77. The van der Waals surface area contributed by atoms with Crippen molar-refractivity contribution in [3.05, 3.63) is 0 Å². The number of aliphatic carboxylic acids is 1. The van der Waals surface area contributed by atoms with Gasteiger partial charge in [0.2, 0.25) is 0 Å². The summed E-state index contributed by atoms with van der Waals surface area (Å²) in [5, 5.41) is 8.65. The number of rotatable bonds is 39. The zero-order chi connectivity index (χ0) is 55.2. The van der Waals surface area contributed by atoms with E-state index in [1.807, 2.05) is 11.8 Å². The van der Waals surface area contributed by atoms with Gasteiger partial charge >= 0.3 is 5.97 Å². The Kier molecular flexibility index (Phi) is 27.0. The molecule has 0 heterocycles. The number of ether oxygens (including phenoxy) is 3. The summed E-state index contributed by atoms with van der Waals surface area (Å²) in [4.78, 5) is 10.5. The highest BCUT2D eigenvalue weighted by Gasteiger charge is 2.44. The Morgan fingerprint density at radius 2 is 0.543 bits per heavy atom. The van der Waals surface area contributed by atoms with Crippen LogP contribution < -0.4 is 0 Å². The number of carbonyl (C=O) groups is 1. The summed E-state index contributed by atoms with van der Waals surface area (Å²) in [6.45, 7) is 71.3. The lowest BCUT2D eigenvalue weighted by Gasteiger charge is -2.48. The Balaban J connectivity index is 5.18. The van der Waals surface area contributed by atoms with Crippen molar-refractivity contribution in [2.75, 3.05) is 51.1 Å². The predicted octanol–water partition coefficient (Wildman–Crippen LogP) is 20.1. The van der Waals surface area contributed by atoms with E-state index in [2.05, 4.69) is 187 Å². The van der Waals surface area contributed by atoms with Gasteiger partial charge in [-0.1, -0.05) is 187 Å². The third kappa shape index (κ3) is 36.6. The molecule has 0 aromatic rings. The van der Waals surface area contributed by atoms with Gasteiger partial charge in [-0.25, -0.2) is 0 Å². The van der Waals surface area contributed by atoms with Crippen LogP contribution in [0.25, 0.3) is 0 Å². The highest BCUT2D eigenvalue weighted by atomic mass is 32.2. The van der Waals surface area contributed by atoms with Crippen LogP contribution in [0.2, 0.25) is 0 Å². The van der Waals surface area contributed by atoms with E-state index in [1.165, 1.54) is 95.6 Å². The Morgan fingerprint density at radius 1 is 0.314 bits per heavy atom. The second kappa shape index (κ2) is 27.1. The van der Waals surface area contributed by atoms with Gasteiger partial charge in [0, 0.05) is 5.75 Å². The maximum Gasteiger partial charge on any atom is 0.305 e. The lowest BCUT2D eigenvalue weighted by atomic mass is 9.58. The molecule has 0 saturated heterocycles. The number of carboxylic acid groups (broad SMARTS) is 1. The first-order valence-electron chi connectivity index (χ1n) is 28.4. The average Bonchev–Trinajstić information content (AvgIpc) is 2.98. The summed E-state index contributed by atoms with van der Waals surface area (Å²) < 4.78 is 16.5. The van der Waals surface area contributed by atoms with Crippen molar-refractivity contribution >= 4 is 17.7 Å². The molecule has 0 fully saturated rings. The molecule has 6 heteroatoms. The van der Waals surface area contributed by atoms with E-state index in [-0.39, 0.29) is 56.3 Å². The summed E-state index contributed by atoms with van der Waals surface area (Å²) >= 11 is 1.99. The van der Waals surface area contributed by atoms with Crippen LogP contribution in [0.5, 0.6) is 0 Å². The van der Waals surface area contributed by atoms with Gasteiger partial charge in [-0.3, -0.25) is 4.79 Å². The first-order chi connectivity index (χ1) is 30.9. The largest absolute Gasteiger partial charge is 0.481 e. The second-order valence-corrected chi connectivity index (χ2v) is 35.6. The summed E-state index contributed by atoms with van der Waals surface area (Å²) in [5.74, 6) is 1.34. The molecule has 5 nitrogen and oxygen atoms in total. The third-order valence-electron chi connectivity index (χ3n) is 14.3. The van der Waals surface area contributed by atoms with Crippen LogP contribution in [-0.2, 0) is 19.0 Å². The molecule has 420 valence electrons. The Hall–Kier alpha value is -0.300. The van der Waals surface area contributed by atoms with Gasteiger partial charge < -0.3 is 19.3 Å². The van der Waals surface area contributed by atoms with Crippen molar-refractivity contribution < 1.29 is 24.1 Å². The Morgan fingerprint density at radius 3 is 0.800 bits per heavy atom. The van der Waals surface area contributed by atoms with Gasteiger partial charge in [0.1, 0.15) is 0 Å². The molecule has 1 N–H and O–H groups in total. The minimum Gasteiger partial charge on any atom is -0.481 e. The normalized spacial score (nSPS) is 15.0. The summed E-state index contributed by atoms with van der Waals surface area (Å²) in [6, 6.07) is 0. The van der Waals surface area contributed by atoms with E-state index in [0.29, 0.717) is 53.5 Å². The topological polar surface area (TPSA) is 65.0 Å². The van der Waals surface area contributed by atoms with E-state index >= 15 is 0 Å². The van der Waals surface area contributed by atoms with E-state index in [0.717, 1.165) is 12.4 Å². The van der Waals surface area contributed by atoms with Gasteiger partial charge in [0.15, 0.2) is 0 Å². The number of hydrogen-bond donors (Lipinski definition) is 1. The molecule has 0 aromatic carbocycles. The van der Waals surface area contributed by atoms with Crippen molar-refractivity contribution in [2.45, 2.75) is 283 Å². The summed E-state index contributed by atoms with van der Waals surface area (Å²) in [7, 11) is 0. The minimum atomic E-state index is -0.842. The van der Waals surface area contributed by atoms with Crippen molar-refractivity contribution in [1.29, 1.82) is 0 Å². The van der Waals surface area contributed by atoms with Crippen LogP contribution >= 0.6 is 11.8 Å². The van der Waals surface area contributed by atoms with Crippen LogP contribution in [-0.4, -0.2) is 62.2 Å². The molecule has 0 unspecified atom stereocenters. The molecule has 0 aliphatic carbocycles. The van der Waals surface area contributed by atoms with Gasteiger partial charge in [0.05, 0.1) is 46.1 Å². The molecule has 0 spiro atoms. The molecule has 0 bridgehead atoms. The predicted molar refractivity (Wildman–Crippen MR) is 311 cm³/mol. The lowest BCUT2D eigenvalue weighted by Crippen LogP contribution is -2.37. The first-order valence-corrected chi connectivity index (χ1v) is 29.6. The standard InChI is InChI=1S/C64H128O5S/c1-52(2,3)39-54(6,7)41-56(10,11)43-58(14,15)45-60(18,19)47-62(22,23)49-64(26,27)50-63(24,25)48-61(20,21)46-59(16,17)44-57(12,13)42-55(8,9)40-53(4,5)30-28-37-70-38-36-69-35-34-68-33-32-67-31-29-51(65)66/h28-50H2,1-27H3,(H,65,66). The lowest BCUT2D eigenvalue weighted by molar-refractivity contribution is -0.138. The maximum absolute atomic E-state index is 10.5. The smallest absolute Gasteiger partial charge is 0.305 e. The molecule has 0 radical (unpaired) electrons. The van der Waals surface area contributed by atoms with Gasteiger partial charge in [-0.15, -0.1) is 0 Å². The molecular weight excluding hydrogens is 881 g/mol. The molecule has 0 rings (SSSR count). The number of thioether (sulfide) groups is 1. The van der Waals surface area contributed by atoms with Crippen molar-refractivity contribution in [1.82, 2.24) is 0 Å². The Labute approximate surface area is 444 Å². The SMILES string of the molecule is CC(C)(C)CC(C)(C)CC(C)(C)CC(C)(C)CC(C)(C)CC(C)(C)CC(C)(C)CC(C)(C)CC(C)(C)CC(C)(C)CC(C)(C)CC(C)(C)CC(C)(C)CCCSCCOCCOCCOCCC(=O)O. The zero-order valence-corrected chi connectivity index (χ0v) is 53.6. The van der Waals surface area contributed by atoms with Crippen LogP contribution in [0.4, 0.5) is 0 Å². The fourth-order valence-electron chi connectivity index (χ4n) is 18.0. The molecule has 70 heavy (non-hydrogen) atoms. The highest BCUT2D eigenvalue weighted by molar-refractivity contribution is 7.99. The quantitative estimate of drug-likeness (QED) is 0.0619. The average molecular weight is 1010 g/mol. The van der Waals surface area contributed by atoms with E-state index in [1.54, 1.807) is 0 Å². The number of carboxylic acids is 1. The molecule has 0 aliphatic rings. The van der Waals surface area contributed by atoms with Crippen LogP contribution in [0.3, 0.4) is 0 Å². The molecular formula is C64H128O5S. The van der Waals surface area contributed by atoms with Gasteiger partial charge in [-0.2, -0.15) is 11.8 Å². The molecule has 0 atom stereocenters. The first kappa shape index (κ1) is 69.7. The van der Waals surface area contributed by atoms with Crippen LogP contribution in [0, 0.1) is 70.4 Å². The molecule has 0 aliphatic heterocycles. The van der Waals surface area contributed by atoms with Gasteiger partial charge in [-0.05, 0) is 166 Å². The molecule has 0 saturated carbocycles. The third-order valence-corrected chi connectivity index (χ3v) is 15.3. The molecule has 0 aromatic heterocycles. The number of hydrogen-bond acceptors (Lipinski definition) is 5. The zero-order valence-electron chi connectivity index (χ0n) is 52.8. The van der Waals surface area contributed by atoms with Crippen LogP contribution in [0.15, 0.2) is 0 Å². The van der Waals surface area contributed by atoms with Gasteiger partial charge in [0.25, 0.3) is 0 Å². The summed E-state index contributed by atoms with van der Waals surface area (Å²) in [6.07, 6.45) is 17.7. The highest BCUT2D eigenvalue weighted by Crippen LogP contribution is 2.55. The maximum atomic E-state index is 10.5.